The van der Waals surface area contributed by atoms with Crippen molar-refractivity contribution in [3.05, 3.63) is 0 Å². The molecule has 0 saturated carbocycles. The molecule has 1 unspecified atom stereocenters. The molecular weight excluding hydrogens is 200 g/mol. The molecule has 1 atom stereocenters. The molecule has 82 valence electrons. The molecule has 1 heterocycles. The average Bonchev–Trinajstić information content (AvgIpc) is 2.19. The monoisotopic (exact) mass is 218 g/mol. The predicted molar refractivity (Wildman–Crippen MR) is 58.9 cm³/mol. The van der Waals surface area contributed by atoms with Crippen molar-refractivity contribution in [1.29, 1.82) is 0 Å². The maximum Gasteiger partial charge on any atom is 0.320 e. The lowest BCUT2D eigenvalue weighted by atomic mass is 10.1. The Hall–Kier alpha value is -0.260. The first-order valence-electron chi connectivity index (χ1n) is 4.92. The summed E-state index contributed by atoms with van der Waals surface area (Å²) >= 11 is 1.71. The lowest BCUT2D eigenvalue weighted by Crippen LogP contribution is -2.51. The van der Waals surface area contributed by atoms with Gasteiger partial charge in [-0.3, -0.25) is 9.69 Å². The van der Waals surface area contributed by atoms with Gasteiger partial charge in [-0.25, -0.2) is 0 Å². The largest absolute Gasteiger partial charge is 0.480 e. The molecule has 1 aliphatic heterocycles. The Morgan fingerprint density at radius 3 is 2.71 bits per heavy atom. The third kappa shape index (κ3) is 3.48. The Bertz CT molecular complexity index is 184. The molecule has 0 aliphatic carbocycles. The number of thioether (sulfide) groups is 1. The van der Waals surface area contributed by atoms with Crippen LogP contribution in [-0.2, 0) is 4.79 Å². The summed E-state index contributed by atoms with van der Waals surface area (Å²) in [5.41, 5.74) is 0. The van der Waals surface area contributed by atoms with Gasteiger partial charge in [-0.15, -0.1) is 0 Å². The first-order chi connectivity index (χ1) is 6.75. The summed E-state index contributed by atoms with van der Waals surface area (Å²) < 4.78 is 0. The number of hydrogen-bond donors (Lipinski definition) is 2. The molecule has 4 nitrogen and oxygen atoms in total. The molecule has 14 heavy (non-hydrogen) atoms. The molecule has 1 saturated heterocycles. The number of piperazine rings is 1. The van der Waals surface area contributed by atoms with Crippen molar-refractivity contribution >= 4 is 17.7 Å². The van der Waals surface area contributed by atoms with Gasteiger partial charge >= 0.3 is 5.97 Å². The van der Waals surface area contributed by atoms with Gasteiger partial charge in [0.1, 0.15) is 6.04 Å². The fourth-order valence-corrected chi connectivity index (χ4v) is 2.14. The lowest BCUT2D eigenvalue weighted by molar-refractivity contribution is -0.143. The Labute approximate surface area is 89.0 Å². The number of nitrogens with zero attached hydrogens (tertiary/aromatic N) is 1. The summed E-state index contributed by atoms with van der Waals surface area (Å²) in [7, 11) is 0. The highest BCUT2D eigenvalue weighted by Gasteiger charge is 2.25. The summed E-state index contributed by atoms with van der Waals surface area (Å²) in [5, 5.41) is 12.3. The number of carboxylic acid groups (broad SMARTS) is 1. The fourth-order valence-electron chi connectivity index (χ4n) is 1.69. The van der Waals surface area contributed by atoms with Gasteiger partial charge in [-0.05, 0) is 18.4 Å². The summed E-state index contributed by atoms with van der Waals surface area (Å²) in [4.78, 5) is 13.1. The van der Waals surface area contributed by atoms with Gasteiger partial charge in [0.15, 0.2) is 0 Å². The highest BCUT2D eigenvalue weighted by Crippen LogP contribution is 2.09. The number of nitrogens with one attached hydrogen (secondary N) is 1. The molecule has 0 bridgehead atoms. The zero-order chi connectivity index (χ0) is 10.4. The molecule has 0 amide bonds. The zero-order valence-corrected chi connectivity index (χ0v) is 9.35. The van der Waals surface area contributed by atoms with Crippen molar-refractivity contribution in [1.82, 2.24) is 10.2 Å². The van der Waals surface area contributed by atoms with Crippen LogP contribution in [0.5, 0.6) is 0 Å². The van der Waals surface area contributed by atoms with Crippen LogP contribution in [0, 0.1) is 0 Å². The Kier molecular flexibility index (Phi) is 5.29. The number of hydrogen-bond acceptors (Lipinski definition) is 4. The van der Waals surface area contributed by atoms with E-state index in [4.69, 9.17) is 5.11 Å². The van der Waals surface area contributed by atoms with E-state index in [-0.39, 0.29) is 6.04 Å². The minimum Gasteiger partial charge on any atom is -0.480 e. The number of carbonyl (C=O) groups is 1. The minimum atomic E-state index is -0.680. The Morgan fingerprint density at radius 1 is 1.57 bits per heavy atom. The van der Waals surface area contributed by atoms with Gasteiger partial charge in [-0.2, -0.15) is 11.8 Å². The predicted octanol–water partition coefficient (Wildman–Crippen LogP) is 0.0979. The number of carboxylic acids is 1. The van der Waals surface area contributed by atoms with Crippen molar-refractivity contribution in [2.75, 3.05) is 38.2 Å². The summed E-state index contributed by atoms with van der Waals surface area (Å²) in [6.07, 6.45) is 2.76. The van der Waals surface area contributed by atoms with Crippen molar-refractivity contribution in [3.8, 4) is 0 Å². The molecule has 1 rings (SSSR count). The lowest BCUT2D eigenvalue weighted by Gasteiger charge is -2.32. The molecular formula is C9H18N2O2S. The molecule has 0 aromatic rings. The summed E-state index contributed by atoms with van der Waals surface area (Å²) in [6, 6.07) is -0.287. The van der Waals surface area contributed by atoms with E-state index in [1.807, 2.05) is 6.26 Å². The number of rotatable bonds is 5. The van der Waals surface area contributed by atoms with Crippen LogP contribution < -0.4 is 5.32 Å². The molecule has 2 N–H and O–H groups in total. The third-order valence-corrected chi connectivity index (χ3v) is 3.12. The van der Waals surface area contributed by atoms with Crippen LogP contribution in [0.2, 0.25) is 0 Å². The second-order valence-corrected chi connectivity index (χ2v) is 4.41. The van der Waals surface area contributed by atoms with Gasteiger partial charge in [0, 0.05) is 26.2 Å². The van der Waals surface area contributed by atoms with E-state index in [1.165, 1.54) is 0 Å². The molecule has 0 spiro atoms. The van der Waals surface area contributed by atoms with Gasteiger partial charge < -0.3 is 10.4 Å². The van der Waals surface area contributed by atoms with E-state index < -0.39 is 5.97 Å². The van der Waals surface area contributed by atoms with E-state index in [9.17, 15) is 4.79 Å². The van der Waals surface area contributed by atoms with Crippen LogP contribution >= 0.6 is 11.8 Å². The second kappa shape index (κ2) is 6.27. The van der Waals surface area contributed by atoms with E-state index >= 15 is 0 Å². The van der Waals surface area contributed by atoms with Crippen molar-refractivity contribution < 1.29 is 9.90 Å². The van der Waals surface area contributed by atoms with Gasteiger partial charge in [-0.1, -0.05) is 0 Å². The van der Waals surface area contributed by atoms with Gasteiger partial charge in [0.25, 0.3) is 0 Å². The van der Waals surface area contributed by atoms with Crippen LogP contribution in [0.15, 0.2) is 0 Å². The maximum atomic E-state index is 11.0. The SMILES string of the molecule is CSCCC(C(=O)O)N1CCNCC1. The van der Waals surface area contributed by atoms with Crippen LogP contribution in [0.3, 0.4) is 0 Å². The number of aliphatic carboxylic acids is 1. The van der Waals surface area contributed by atoms with Gasteiger partial charge in [0.05, 0.1) is 0 Å². The van der Waals surface area contributed by atoms with Crippen LogP contribution in [0.4, 0.5) is 0 Å². The highest BCUT2D eigenvalue weighted by atomic mass is 32.2. The van der Waals surface area contributed by atoms with Crippen molar-refractivity contribution in [3.63, 3.8) is 0 Å². The van der Waals surface area contributed by atoms with Gasteiger partial charge in [0.2, 0.25) is 0 Å². The highest BCUT2D eigenvalue weighted by molar-refractivity contribution is 7.98. The zero-order valence-electron chi connectivity index (χ0n) is 8.53. The average molecular weight is 218 g/mol. The Balaban J connectivity index is 2.43. The third-order valence-electron chi connectivity index (χ3n) is 2.47. The van der Waals surface area contributed by atoms with E-state index in [1.54, 1.807) is 11.8 Å². The fraction of sp³-hybridized carbons (Fsp3) is 0.889. The maximum absolute atomic E-state index is 11.0. The smallest absolute Gasteiger partial charge is 0.320 e. The Morgan fingerprint density at radius 2 is 2.21 bits per heavy atom. The molecule has 1 fully saturated rings. The first kappa shape index (κ1) is 11.8. The van der Waals surface area contributed by atoms with Crippen LogP contribution in [0.25, 0.3) is 0 Å². The molecule has 1 aliphatic rings. The van der Waals surface area contributed by atoms with E-state index in [0.717, 1.165) is 38.4 Å². The van der Waals surface area contributed by atoms with E-state index in [0.29, 0.717) is 0 Å². The quantitative estimate of drug-likeness (QED) is 0.685. The minimum absolute atomic E-state index is 0.287. The van der Waals surface area contributed by atoms with Crippen molar-refractivity contribution in [2.45, 2.75) is 12.5 Å². The standard InChI is InChI=1S/C9H18N2O2S/c1-14-7-2-8(9(12)13)11-5-3-10-4-6-11/h8,10H,2-7H2,1H3,(H,12,13). The summed E-state index contributed by atoms with van der Waals surface area (Å²) in [5.74, 6) is 0.238. The molecule has 0 aromatic heterocycles. The normalized spacial score (nSPS) is 20.6. The topological polar surface area (TPSA) is 52.6 Å². The van der Waals surface area contributed by atoms with Crippen molar-refractivity contribution in [2.24, 2.45) is 0 Å². The molecule has 5 heteroatoms. The summed E-state index contributed by atoms with van der Waals surface area (Å²) in [6.45, 7) is 3.52. The van der Waals surface area contributed by atoms with E-state index in [2.05, 4.69) is 10.2 Å². The second-order valence-electron chi connectivity index (χ2n) is 3.42. The molecule has 0 radical (unpaired) electrons. The molecule has 0 aromatic carbocycles. The van der Waals surface area contributed by atoms with Crippen LogP contribution in [-0.4, -0.2) is 60.2 Å². The van der Waals surface area contributed by atoms with Crippen LogP contribution in [0.1, 0.15) is 6.42 Å². The first-order valence-corrected chi connectivity index (χ1v) is 6.31.